The average Bonchev–Trinajstić information content (AvgIpc) is 2.99. The van der Waals surface area contributed by atoms with Gasteiger partial charge in [-0.05, 0) is 30.5 Å². The fourth-order valence-corrected chi connectivity index (χ4v) is 4.84. The number of halogens is 2. The molecule has 0 aliphatic carbocycles. The molecular weight excluding hydrogens is 531 g/mol. The van der Waals surface area contributed by atoms with Crippen LogP contribution in [0.25, 0.3) is 0 Å². The molecule has 2 rings (SSSR count). The minimum Gasteiger partial charge on any atom is -0.497 e. The fraction of sp³-hybridized carbons (Fsp3) is 0.556. The van der Waals surface area contributed by atoms with E-state index in [0.717, 1.165) is 5.56 Å². The lowest BCUT2D eigenvalue weighted by molar-refractivity contribution is -0.121. The number of hydrogen-bond acceptors (Lipinski definition) is 5. The number of aliphatic imine (C=N–C) groups is 1. The largest absolute Gasteiger partial charge is 0.497 e. The lowest BCUT2D eigenvalue weighted by atomic mass is 10.1. The second-order valence-electron chi connectivity index (χ2n) is 6.55. The number of rotatable bonds is 8. The Hall–Kier alpha value is -1.27. The molecule has 11 heteroatoms. The van der Waals surface area contributed by atoms with Crippen LogP contribution in [-0.4, -0.2) is 65.1 Å². The van der Waals surface area contributed by atoms with Crippen molar-refractivity contribution in [1.82, 2.24) is 16.0 Å². The van der Waals surface area contributed by atoms with Gasteiger partial charge in [-0.3, -0.25) is 9.79 Å². The molecule has 8 nitrogen and oxygen atoms in total. The van der Waals surface area contributed by atoms with Gasteiger partial charge in [0.25, 0.3) is 0 Å². The minimum absolute atomic E-state index is 0. The Kier molecular flexibility index (Phi) is 11.0. The van der Waals surface area contributed by atoms with Gasteiger partial charge >= 0.3 is 0 Å². The number of amides is 1. The first-order chi connectivity index (χ1) is 13.3. The van der Waals surface area contributed by atoms with Gasteiger partial charge < -0.3 is 20.7 Å². The molecule has 0 bridgehead atoms. The van der Waals surface area contributed by atoms with E-state index in [1.54, 1.807) is 20.2 Å². The van der Waals surface area contributed by atoms with Crippen molar-refractivity contribution in [2.75, 3.05) is 38.8 Å². The molecule has 1 fully saturated rings. The Balaban J connectivity index is 0.00000420. The number of guanidine groups is 1. The number of benzene rings is 1. The van der Waals surface area contributed by atoms with Crippen LogP contribution in [0.5, 0.6) is 5.75 Å². The summed E-state index contributed by atoms with van der Waals surface area (Å²) in [6.07, 6.45) is 1.43. The first-order valence-electron chi connectivity index (χ1n) is 9.09. The highest BCUT2D eigenvalue weighted by Gasteiger charge is 2.28. The highest BCUT2D eigenvalue weighted by atomic mass is 127. The molecule has 0 aromatic heterocycles. The summed E-state index contributed by atoms with van der Waals surface area (Å²) in [7, 11) is 0.252. The van der Waals surface area contributed by atoms with E-state index >= 15 is 0 Å². The van der Waals surface area contributed by atoms with E-state index in [4.69, 9.17) is 16.3 Å². The Bertz CT molecular complexity index is 820. The normalized spacial score (nSPS) is 17.9. The predicted molar refractivity (Wildman–Crippen MR) is 126 cm³/mol. The Morgan fingerprint density at radius 1 is 1.31 bits per heavy atom. The summed E-state index contributed by atoms with van der Waals surface area (Å²) in [5.74, 6) is 1.30. The number of methoxy groups -OCH3 is 1. The maximum atomic E-state index is 11.9. The zero-order valence-electron chi connectivity index (χ0n) is 16.5. The first kappa shape index (κ1) is 25.8. The van der Waals surface area contributed by atoms with E-state index in [2.05, 4.69) is 20.9 Å². The van der Waals surface area contributed by atoms with Gasteiger partial charge in [0.15, 0.2) is 15.8 Å². The number of nitrogens with zero attached hydrogens (tertiary/aromatic N) is 1. The zero-order valence-corrected chi connectivity index (χ0v) is 20.4. The molecule has 1 atom stereocenters. The molecule has 164 valence electrons. The molecule has 1 heterocycles. The second-order valence-corrected chi connectivity index (χ2v) is 9.19. The third kappa shape index (κ3) is 8.95. The van der Waals surface area contributed by atoms with Crippen LogP contribution < -0.4 is 20.7 Å². The molecule has 1 unspecified atom stereocenters. The topological polar surface area (TPSA) is 109 Å². The molecule has 1 amide bonds. The molecule has 1 saturated heterocycles. The predicted octanol–water partition coefficient (Wildman–Crippen LogP) is 1.37. The summed E-state index contributed by atoms with van der Waals surface area (Å²) in [6.45, 7) is 1.02. The van der Waals surface area contributed by atoms with E-state index in [9.17, 15) is 13.2 Å². The van der Waals surface area contributed by atoms with Gasteiger partial charge in [-0.1, -0.05) is 17.7 Å². The maximum Gasteiger partial charge on any atom is 0.222 e. The van der Waals surface area contributed by atoms with Gasteiger partial charge in [0.2, 0.25) is 5.91 Å². The molecule has 1 aromatic carbocycles. The molecule has 0 saturated carbocycles. The van der Waals surface area contributed by atoms with Crippen molar-refractivity contribution in [2.24, 2.45) is 4.99 Å². The molecule has 0 spiro atoms. The molecule has 1 aliphatic rings. The van der Waals surface area contributed by atoms with Gasteiger partial charge in [0.05, 0.1) is 18.6 Å². The Labute approximate surface area is 194 Å². The molecule has 3 N–H and O–H groups in total. The number of nitrogens with one attached hydrogen (secondary N) is 3. The van der Waals surface area contributed by atoms with Crippen LogP contribution in [0.3, 0.4) is 0 Å². The highest BCUT2D eigenvalue weighted by molar-refractivity contribution is 14.0. The number of hydrogen-bond donors (Lipinski definition) is 3. The van der Waals surface area contributed by atoms with Crippen molar-refractivity contribution in [3.05, 3.63) is 28.8 Å². The van der Waals surface area contributed by atoms with E-state index in [1.807, 2.05) is 12.1 Å². The quantitative estimate of drug-likeness (QED) is 0.253. The van der Waals surface area contributed by atoms with Crippen molar-refractivity contribution >= 4 is 57.3 Å². The van der Waals surface area contributed by atoms with E-state index in [0.29, 0.717) is 42.7 Å². The van der Waals surface area contributed by atoms with Crippen LogP contribution in [0.4, 0.5) is 0 Å². The fourth-order valence-electron chi connectivity index (χ4n) is 2.90. The van der Waals surface area contributed by atoms with Crippen LogP contribution in [0, 0.1) is 0 Å². The number of ether oxygens (including phenoxy) is 1. The maximum absolute atomic E-state index is 11.9. The van der Waals surface area contributed by atoms with E-state index in [-0.39, 0.29) is 53.9 Å². The van der Waals surface area contributed by atoms with Gasteiger partial charge in [-0.25, -0.2) is 8.42 Å². The van der Waals surface area contributed by atoms with Crippen molar-refractivity contribution < 1.29 is 17.9 Å². The first-order valence-corrected chi connectivity index (χ1v) is 11.3. The molecule has 0 radical (unpaired) electrons. The molecular formula is C18H28ClIN4O4S. The minimum atomic E-state index is -3.00. The molecule has 1 aromatic rings. The zero-order chi connectivity index (χ0) is 20.6. The summed E-state index contributed by atoms with van der Waals surface area (Å²) in [6, 6.07) is 5.29. The smallest absolute Gasteiger partial charge is 0.222 e. The number of carbonyl (C=O) groups is 1. The van der Waals surface area contributed by atoms with Crippen LogP contribution in [0.1, 0.15) is 18.4 Å². The molecule has 29 heavy (non-hydrogen) atoms. The molecule has 1 aliphatic heterocycles. The third-order valence-corrected chi connectivity index (χ3v) is 6.53. The summed E-state index contributed by atoms with van der Waals surface area (Å²) >= 11 is 6.23. The van der Waals surface area contributed by atoms with Crippen LogP contribution in [0.15, 0.2) is 23.2 Å². The number of carbonyl (C=O) groups excluding carboxylic acids is 1. The van der Waals surface area contributed by atoms with E-state index in [1.165, 1.54) is 0 Å². The van der Waals surface area contributed by atoms with Gasteiger partial charge in [-0.15, -0.1) is 24.0 Å². The monoisotopic (exact) mass is 558 g/mol. The summed E-state index contributed by atoms with van der Waals surface area (Å²) in [5, 5.41) is 9.65. The SMILES string of the molecule is CN=C(NCCC(=O)NC1CCS(=O)(=O)C1)NCCc1ccc(OC)cc1Cl.I. The van der Waals surface area contributed by atoms with Crippen molar-refractivity contribution in [3.8, 4) is 5.75 Å². The number of sulfone groups is 1. The van der Waals surface area contributed by atoms with E-state index < -0.39 is 9.84 Å². The van der Waals surface area contributed by atoms with Crippen molar-refractivity contribution in [2.45, 2.75) is 25.3 Å². The highest BCUT2D eigenvalue weighted by Crippen LogP contribution is 2.22. The Morgan fingerprint density at radius 3 is 2.62 bits per heavy atom. The van der Waals surface area contributed by atoms with Crippen LogP contribution in [0.2, 0.25) is 5.02 Å². The lowest BCUT2D eigenvalue weighted by Gasteiger charge is -2.14. The van der Waals surface area contributed by atoms with Crippen LogP contribution in [-0.2, 0) is 21.1 Å². The summed E-state index contributed by atoms with van der Waals surface area (Å²) in [4.78, 5) is 16.1. The summed E-state index contributed by atoms with van der Waals surface area (Å²) < 4.78 is 28.0. The van der Waals surface area contributed by atoms with Crippen molar-refractivity contribution in [1.29, 1.82) is 0 Å². The average molecular weight is 559 g/mol. The van der Waals surface area contributed by atoms with Gasteiger partial charge in [-0.2, -0.15) is 0 Å². The third-order valence-electron chi connectivity index (χ3n) is 4.41. The standard InChI is InChI=1S/C18H27ClN4O4S.HI/c1-20-18(21-8-5-13-3-4-15(27-2)11-16(13)19)22-9-6-17(24)23-14-7-10-28(25,26)12-14;/h3-4,11,14H,5-10,12H2,1-2H3,(H,23,24)(H2,20,21,22);1H. The lowest BCUT2D eigenvalue weighted by Crippen LogP contribution is -2.41. The Morgan fingerprint density at radius 2 is 2.03 bits per heavy atom. The van der Waals surface area contributed by atoms with Crippen molar-refractivity contribution in [3.63, 3.8) is 0 Å². The van der Waals surface area contributed by atoms with Gasteiger partial charge in [0, 0.05) is 37.6 Å². The second kappa shape index (κ2) is 12.4. The van der Waals surface area contributed by atoms with Gasteiger partial charge in [0.1, 0.15) is 5.75 Å². The van der Waals surface area contributed by atoms with Crippen LogP contribution >= 0.6 is 35.6 Å². The summed E-state index contributed by atoms with van der Waals surface area (Å²) in [5.41, 5.74) is 0.997.